The number of nitrogens with zero attached hydrogens (tertiary/aromatic N) is 2. The molecule has 0 saturated heterocycles. The summed E-state index contributed by atoms with van der Waals surface area (Å²) in [5, 5.41) is 0. The monoisotopic (exact) mass is 128 g/mol. The summed E-state index contributed by atoms with van der Waals surface area (Å²) in [6.45, 7) is 4.60. The van der Waals surface area contributed by atoms with Crippen LogP contribution in [0, 0.1) is 0 Å². The summed E-state index contributed by atoms with van der Waals surface area (Å²) in [6.07, 6.45) is 0. The molecule has 0 fully saturated rings. The molecule has 0 aromatic carbocycles. The highest BCUT2D eigenvalue weighted by molar-refractivity contribution is 5.74. The van der Waals surface area contributed by atoms with Gasteiger partial charge in [-0.2, -0.15) is 0 Å². The van der Waals surface area contributed by atoms with Crippen LogP contribution >= 0.6 is 0 Å². The first-order valence-electron chi connectivity index (χ1n) is 3.23. The molecule has 1 aliphatic heterocycles. The third-order valence-corrected chi connectivity index (χ3v) is 1.37. The highest BCUT2D eigenvalue weighted by Gasteiger charge is 2.09. The smallest absolute Gasteiger partial charge is 0.287 e. The molecule has 52 valence electrons. The van der Waals surface area contributed by atoms with Crippen LogP contribution < -0.4 is 0 Å². The van der Waals surface area contributed by atoms with Crippen molar-refractivity contribution in [1.82, 2.24) is 4.90 Å². The highest BCUT2D eigenvalue weighted by Crippen LogP contribution is 1.96. The molecule has 0 atom stereocenters. The highest BCUT2D eigenvalue weighted by atomic mass is 16.5. The quantitative estimate of drug-likeness (QED) is 0.508. The molecule has 1 rings (SSSR count). The van der Waals surface area contributed by atoms with Crippen LogP contribution in [0.3, 0.4) is 0 Å². The molecule has 0 unspecified atom stereocenters. The Bertz CT molecular complexity index is 122. The molecular weight excluding hydrogens is 116 g/mol. The van der Waals surface area contributed by atoms with Gasteiger partial charge in [-0.3, -0.25) is 0 Å². The number of hydrogen-bond acceptors (Lipinski definition) is 3. The molecule has 3 heteroatoms. The molecule has 1 heterocycles. The average Bonchev–Trinajstić information content (AvgIpc) is 2.37. The minimum atomic E-state index is 0.750. The normalized spacial score (nSPS) is 16.9. The van der Waals surface area contributed by atoms with Crippen LogP contribution in [-0.4, -0.2) is 37.7 Å². The van der Waals surface area contributed by atoms with E-state index < -0.39 is 0 Å². The fourth-order valence-corrected chi connectivity index (χ4v) is 0.690. The summed E-state index contributed by atoms with van der Waals surface area (Å²) in [5.41, 5.74) is 0. The van der Waals surface area contributed by atoms with Crippen molar-refractivity contribution in [3.63, 3.8) is 0 Å². The van der Waals surface area contributed by atoms with E-state index in [4.69, 9.17) is 4.74 Å². The molecule has 0 aromatic heterocycles. The van der Waals surface area contributed by atoms with Gasteiger partial charge in [0, 0.05) is 13.6 Å². The fourth-order valence-electron chi connectivity index (χ4n) is 0.690. The van der Waals surface area contributed by atoms with Gasteiger partial charge in [0.15, 0.2) is 0 Å². The molecule has 0 radical (unpaired) electrons. The Hall–Kier alpha value is -0.730. The van der Waals surface area contributed by atoms with E-state index in [9.17, 15) is 0 Å². The van der Waals surface area contributed by atoms with Gasteiger partial charge in [0.1, 0.15) is 6.61 Å². The predicted octanol–water partition coefficient (Wildman–Crippen LogP) is 0.324. The van der Waals surface area contributed by atoms with E-state index in [2.05, 4.69) is 11.9 Å². The van der Waals surface area contributed by atoms with Crippen molar-refractivity contribution in [2.24, 2.45) is 4.99 Å². The van der Waals surface area contributed by atoms with Gasteiger partial charge in [-0.1, -0.05) is 0 Å². The summed E-state index contributed by atoms with van der Waals surface area (Å²) in [7, 11) is 1.98. The van der Waals surface area contributed by atoms with Gasteiger partial charge >= 0.3 is 0 Å². The maximum atomic E-state index is 5.18. The molecule has 0 amide bonds. The summed E-state index contributed by atoms with van der Waals surface area (Å²) in [6, 6.07) is 0.789. The van der Waals surface area contributed by atoms with E-state index >= 15 is 0 Å². The van der Waals surface area contributed by atoms with Crippen LogP contribution in [0.1, 0.15) is 6.92 Å². The molecule has 9 heavy (non-hydrogen) atoms. The molecule has 1 aliphatic rings. The van der Waals surface area contributed by atoms with Gasteiger partial charge in [-0.15, -0.1) is 0 Å². The lowest BCUT2D eigenvalue weighted by Gasteiger charge is -2.13. The lowest BCUT2D eigenvalue weighted by atomic mass is 10.7. The molecule has 3 nitrogen and oxygen atoms in total. The van der Waals surface area contributed by atoms with Gasteiger partial charge < -0.3 is 9.64 Å². The lowest BCUT2D eigenvalue weighted by molar-refractivity contribution is 0.287. The second-order valence-corrected chi connectivity index (χ2v) is 2.03. The van der Waals surface area contributed by atoms with E-state index in [1.807, 2.05) is 11.9 Å². The minimum absolute atomic E-state index is 0.750. The Kier molecular flexibility index (Phi) is 1.92. The van der Waals surface area contributed by atoms with E-state index in [1.165, 1.54) is 0 Å². The summed E-state index contributed by atoms with van der Waals surface area (Å²) in [4.78, 5) is 6.12. The SMILES string of the molecule is CCN(C)C1=NCCO1. The van der Waals surface area contributed by atoms with Crippen molar-refractivity contribution >= 4 is 6.02 Å². The van der Waals surface area contributed by atoms with Crippen molar-refractivity contribution in [2.45, 2.75) is 6.92 Å². The molecule has 0 bridgehead atoms. The van der Waals surface area contributed by atoms with Crippen molar-refractivity contribution in [2.75, 3.05) is 26.7 Å². The standard InChI is InChI=1S/C6H12N2O/c1-3-8(2)6-7-4-5-9-6/h3-5H2,1-2H3. The minimum Gasteiger partial charge on any atom is -0.463 e. The Morgan fingerprint density at radius 3 is 3.00 bits per heavy atom. The van der Waals surface area contributed by atoms with Crippen molar-refractivity contribution in [3.8, 4) is 0 Å². The van der Waals surface area contributed by atoms with E-state index in [0.717, 1.165) is 25.7 Å². The van der Waals surface area contributed by atoms with Gasteiger partial charge in [-0.25, -0.2) is 4.99 Å². The number of ether oxygens (including phenoxy) is 1. The molecule has 0 aliphatic carbocycles. The molecule has 0 saturated carbocycles. The Balaban J connectivity index is 2.40. The largest absolute Gasteiger partial charge is 0.463 e. The maximum Gasteiger partial charge on any atom is 0.287 e. The Morgan fingerprint density at radius 1 is 1.78 bits per heavy atom. The van der Waals surface area contributed by atoms with Crippen molar-refractivity contribution < 1.29 is 4.74 Å². The second-order valence-electron chi connectivity index (χ2n) is 2.03. The molecule has 0 spiro atoms. The van der Waals surface area contributed by atoms with Crippen LogP contribution in [0.4, 0.5) is 0 Å². The van der Waals surface area contributed by atoms with Crippen molar-refractivity contribution in [1.29, 1.82) is 0 Å². The van der Waals surface area contributed by atoms with Crippen LogP contribution in [0.2, 0.25) is 0 Å². The first-order valence-corrected chi connectivity index (χ1v) is 3.23. The average molecular weight is 128 g/mol. The van der Waals surface area contributed by atoms with Crippen LogP contribution in [0.5, 0.6) is 0 Å². The lowest BCUT2D eigenvalue weighted by Crippen LogP contribution is -2.26. The number of aliphatic imine (C=N–C) groups is 1. The topological polar surface area (TPSA) is 24.8 Å². The Labute approximate surface area is 55.3 Å². The van der Waals surface area contributed by atoms with E-state index in [1.54, 1.807) is 0 Å². The summed E-state index contributed by atoms with van der Waals surface area (Å²) in [5.74, 6) is 0. The molecular formula is C6H12N2O. The third kappa shape index (κ3) is 1.34. The molecule has 0 N–H and O–H groups in total. The van der Waals surface area contributed by atoms with E-state index in [-0.39, 0.29) is 0 Å². The van der Waals surface area contributed by atoms with Gasteiger partial charge in [-0.05, 0) is 6.92 Å². The summed E-state index contributed by atoms with van der Waals surface area (Å²) < 4.78 is 5.18. The zero-order valence-corrected chi connectivity index (χ0v) is 5.92. The van der Waals surface area contributed by atoms with Gasteiger partial charge in [0.05, 0.1) is 6.54 Å². The second kappa shape index (κ2) is 2.71. The van der Waals surface area contributed by atoms with Gasteiger partial charge in [0.2, 0.25) is 0 Å². The zero-order chi connectivity index (χ0) is 6.69. The van der Waals surface area contributed by atoms with Crippen LogP contribution in [0.15, 0.2) is 4.99 Å². The van der Waals surface area contributed by atoms with Gasteiger partial charge in [0.25, 0.3) is 6.02 Å². The zero-order valence-electron chi connectivity index (χ0n) is 5.92. The predicted molar refractivity (Wildman–Crippen MR) is 36.6 cm³/mol. The Morgan fingerprint density at radius 2 is 2.56 bits per heavy atom. The first kappa shape index (κ1) is 6.39. The maximum absolute atomic E-state index is 5.18. The van der Waals surface area contributed by atoms with E-state index in [0.29, 0.717) is 0 Å². The van der Waals surface area contributed by atoms with Crippen molar-refractivity contribution in [3.05, 3.63) is 0 Å². The number of rotatable bonds is 1. The van der Waals surface area contributed by atoms with Crippen LogP contribution in [0.25, 0.3) is 0 Å². The third-order valence-electron chi connectivity index (χ3n) is 1.37. The number of hydrogen-bond donors (Lipinski definition) is 0. The molecule has 0 aromatic rings. The first-order chi connectivity index (χ1) is 4.34. The number of amidine groups is 1. The summed E-state index contributed by atoms with van der Waals surface area (Å²) >= 11 is 0. The fraction of sp³-hybridized carbons (Fsp3) is 0.833. The van der Waals surface area contributed by atoms with Crippen LogP contribution in [-0.2, 0) is 4.74 Å².